The number of hydrogen-bond acceptors (Lipinski definition) is 3. The molecule has 0 aliphatic carbocycles. The minimum absolute atomic E-state index is 0.000637. The van der Waals surface area contributed by atoms with Crippen molar-refractivity contribution in [3.8, 4) is 17.2 Å². The smallest absolute Gasteiger partial charge is 0.207 e. The zero-order valence-electron chi connectivity index (χ0n) is 16.0. The van der Waals surface area contributed by atoms with Crippen molar-refractivity contribution < 1.29 is 27.4 Å². The molecule has 150 valence electrons. The highest BCUT2D eigenvalue weighted by atomic mass is 19.2. The van der Waals surface area contributed by atoms with Gasteiger partial charge in [-0.3, -0.25) is 0 Å². The highest BCUT2D eigenvalue weighted by molar-refractivity contribution is 5.55. The molecular formula is C22H23F3O3. The molecule has 2 unspecified atom stereocenters. The number of benzene rings is 2. The first-order valence-electron chi connectivity index (χ1n) is 9.69. The summed E-state index contributed by atoms with van der Waals surface area (Å²) in [6, 6.07) is 4.83. The summed E-state index contributed by atoms with van der Waals surface area (Å²) in [5, 5.41) is 0. The lowest BCUT2D eigenvalue weighted by atomic mass is 9.87. The maximum absolute atomic E-state index is 14.8. The van der Waals surface area contributed by atoms with Gasteiger partial charge in [0.15, 0.2) is 23.1 Å². The molecule has 2 aliphatic rings. The average molecular weight is 392 g/mol. The molecule has 1 fully saturated rings. The lowest BCUT2D eigenvalue weighted by molar-refractivity contribution is -0.00185. The van der Waals surface area contributed by atoms with E-state index in [1.54, 1.807) is 12.1 Å². The van der Waals surface area contributed by atoms with Crippen LogP contribution in [0, 0.1) is 17.5 Å². The minimum Gasteiger partial charge on any atom is -0.494 e. The number of rotatable bonds is 4. The van der Waals surface area contributed by atoms with Gasteiger partial charge in [0, 0.05) is 23.5 Å². The van der Waals surface area contributed by atoms with E-state index in [9.17, 15) is 13.2 Å². The van der Waals surface area contributed by atoms with Gasteiger partial charge in [0.1, 0.15) is 0 Å². The van der Waals surface area contributed by atoms with E-state index in [2.05, 4.69) is 6.92 Å². The zero-order chi connectivity index (χ0) is 19.8. The highest BCUT2D eigenvalue weighted by Crippen LogP contribution is 2.45. The molecule has 0 amide bonds. The molecule has 0 spiro atoms. The predicted molar refractivity (Wildman–Crippen MR) is 98.8 cm³/mol. The van der Waals surface area contributed by atoms with Crippen molar-refractivity contribution in [2.45, 2.75) is 51.0 Å². The molecule has 2 aliphatic heterocycles. The van der Waals surface area contributed by atoms with Gasteiger partial charge in [-0.1, -0.05) is 19.4 Å². The monoisotopic (exact) mass is 392 g/mol. The van der Waals surface area contributed by atoms with Crippen LogP contribution in [0.3, 0.4) is 0 Å². The predicted octanol–water partition coefficient (Wildman–Crippen LogP) is 5.87. The Morgan fingerprint density at radius 3 is 2.50 bits per heavy atom. The van der Waals surface area contributed by atoms with E-state index in [0.717, 1.165) is 25.7 Å². The summed E-state index contributed by atoms with van der Waals surface area (Å²) in [7, 11) is 1.34. The molecule has 2 aromatic rings. The summed E-state index contributed by atoms with van der Waals surface area (Å²) in [6.07, 6.45) is 4.06. The highest BCUT2D eigenvalue weighted by Gasteiger charge is 2.32. The van der Waals surface area contributed by atoms with Gasteiger partial charge in [-0.05, 0) is 37.0 Å². The molecular weight excluding hydrogens is 369 g/mol. The fraction of sp³-hybridized carbons (Fsp3) is 0.455. The van der Waals surface area contributed by atoms with Gasteiger partial charge in [-0.15, -0.1) is 0 Å². The molecule has 0 saturated carbocycles. The third-order valence-corrected chi connectivity index (χ3v) is 5.64. The van der Waals surface area contributed by atoms with Crippen LogP contribution in [-0.4, -0.2) is 19.8 Å². The van der Waals surface area contributed by atoms with Crippen molar-refractivity contribution in [1.82, 2.24) is 0 Å². The first kappa shape index (κ1) is 19.1. The van der Waals surface area contributed by atoms with E-state index in [1.807, 2.05) is 0 Å². The Hall–Kier alpha value is -2.21. The van der Waals surface area contributed by atoms with Gasteiger partial charge in [0.2, 0.25) is 11.6 Å². The van der Waals surface area contributed by atoms with Gasteiger partial charge >= 0.3 is 0 Å². The summed E-state index contributed by atoms with van der Waals surface area (Å²) in [4.78, 5) is 0. The SMILES string of the molecule is CCCC1CCC(c2cc3c(c(F)c2F)Oc2c(ccc(OC)c2F)C3)CO1. The van der Waals surface area contributed by atoms with Crippen LogP contribution in [0.2, 0.25) is 0 Å². The van der Waals surface area contributed by atoms with E-state index in [4.69, 9.17) is 14.2 Å². The van der Waals surface area contributed by atoms with E-state index < -0.39 is 17.5 Å². The van der Waals surface area contributed by atoms with Crippen LogP contribution >= 0.6 is 0 Å². The van der Waals surface area contributed by atoms with Gasteiger partial charge < -0.3 is 14.2 Å². The third kappa shape index (κ3) is 3.24. The number of halogens is 3. The van der Waals surface area contributed by atoms with Gasteiger partial charge in [-0.25, -0.2) is 4.39 Å². The molecule has 6 heteroatoms. The zero-order valence-corrected chi connectivity index (χ0v) is 16.0. The van der Waals surface area contributed by atoms with Crippen LogP contribution in [0.4, 0.5) is 13.2 Å². The first-order chi connectivity index (χ1) is 13.5. The van der Waals surface area contributed by atoms with E-state index in [0.29, 0.717) is 23.3 Å². The summed E-state index contributed by atoms with van der Waals surface area (Å²) in [5.41, 5.74) is 1.40. The normalized spacial score (nSPS) is 20.9. The summed E-state index contributed by atoms with van der Waals surface area (Å²) in [6.45, 7) is 2.48. The Kier molecular flexibility index (Phi) is 5.23. The standard InChI is InChI=1S/C22H23F3O3/c1-3-4-15-7-5-13(11-27-15)16-10-14-9-12-6-8-17(26-2)19(24)21(12)28-22(14)20(25)18(16)23/h6,8,10,13,15H,3-5,7,9,11H2,1-2H3. The quantitative estimate of drug-likeness (QED) is 0.556. The second-order valence-electron chi connectivity index (χ2n) is 7.45. The molecule has 28 heavy (non-hydrogen) atoms. The van der Waals surface area contributed by atoms with Crippen LogP contribution in [0.5, 0.6) is 17.2 Å². The third-order valence-electron chi connectivity index (χ3n) is 5.64. The molecule has 0 bridgehead atoms. The Morgan fingerprint density at radius 1 is 1.04 bits per heavy atom. The fourth-order valence-corrected chi connectivity index (χ4v) is 4.12. The van der Waals surface area contributed by atoms with Crippen molar-refractivity contribution in [2.75, 3.05) is 13.7 Å². The molecule has 2 aromatic carbocycles. The second kappa shape index (κ2) is 7.66. The minimum atomic E-state index is -1.07. The number of methoxy groups -OCH3 is 1. The van der Waals surface area contributed by atoms with Crippen LogP contribution in [0.15, 0.2) is 18.2 Å². The van der Waals surface area contributed by atoms with Crippen molar-refractivity contribution in [1.29, 1.82) is 0 Å². The Balaban J connectivity index is 1.65. The molecule has 0 radical (unpaired) electrons. The molecule has 3 nitrogen and oxygen atoms in total. The maximum Gasteiger partial charge on any atom is 0.207 e. The lowest BCUT2D eigenvalue weighted by Crippen LogP contribution is -2.25. The average Bonchev–Trinajstić information content (AvgIpc) is 2.71. The molecule has 1 saturated heterocycles. The lowest BCUT2D eigenvalue weighted by Gasteiger charge is -2.30. The van der Waals surface area contributed by atoms with Gasteiger partial charge in [0.25, 0.3) is 0 Å². The molecule has 2 heterocycles. The topological polar surface area (TPSA) is 27.7 Å². The molecule has 2 atom stereocenters. The maximum atomic E-state index is 14.8. The Labute approximate surface area is 162 Å². The van der Waals surface area contributed by atoms with Gasteiger partial charge in [0.05, 0.1) is 19.8 Å². The number of ether oxygens (including phenoxy) is 3. The Morgan fingerprint density at radius 2 is 1.82 bits per heavy atom. The number of hydrogen-bond donors (Lipinski definition) is 0. The van der Waals surface area contributed by atoms with Crippen molar-refractivity contribution in [3.05, 3.63) is 52.3 Å². The number of fused-ring (bicyclic) bond motifs is 2. The van der Waals surface area contributed by atoms with Crippen molar-refractivity contribution in [3.63, 3.8) is 0 Å². The van der Waals surface area contributed by atoms with Crippen molar-refractivity contribution >= 4 is 0 Å². The van der Waals surface area contributed by atoms with Gasteiger partial charge in [-0.2, -0.15) is 8.78 Å². The fourth-order valence-electron chi connectivity index (χ4n) is 4.12. The Bertz CT molecular complexity index is 889. The summed E-state index contributed by atoms with van der Waals surface area (Å²) < 4.78 is 60.3. The van der Waals surface area contributed by atoms with Crippen LogP contribution in [0.25, 0.3) is 0 Å². The van der Waals surface area contributed by atoms with Crippen LogP contribution in [-0.2, 0) is 11.2 Å². The summed E-state index contributed by atoms with van der Waals surface area (Å²) >= 11 is 0. The molecule has 0 aromatic heterocycles. The first-order valence-corrected chi connectivity index (χ1v) is 9.69. The second-order valence-corrected chi connectivity index (χ2v) is 7.45. The van der Waals surface area contributed by atoms with Crippen LogP contribution < -0.4 is 9.47 Å². The van der Waals surface area contributed by atoms with E-state index in [-0.39, 0.29) is 35.7 Å². The van der Waals surface area contributed by atoms with Crippen LogP contribution in [0.1, 0.15) is 55.2 Å². The largest absolute Gasteiger partial charge is 0.494 e. The van der Waals surface area contributed by atoms with E-state index in [1.165, 1.54) is 13.2 Å². The van der Waals surface area contributed by atoms with E-state index >= 15 is 0 Å². The van der Waals surface area contributed by atoms with Crippen molar-refractivity contribution in [2.24, 2.45) is 0 Å². The molecule has 0 N–H and O–H groups in total. The molecule has 4 rings (SSSR count). The summed E-state index contributed by atoms with van der Waals surface area (Å²) in [5.74, 6) is -3.27.